The first-order valence-corrected chi connectivity index (χ1v) is 7.12. The zero-order chi connectivity index (χ0) is 15.0. The Hall–Kier alpha value is -1.97. The van der Waals surface area contributed by atoms with Crippen molar-refractivity contribution in [3.8, 4) is 11.3 Å². The molecular formula is C17H15ClFN2+. The Balaban J connectivity index is 2.34. The predicted molar refractivity (Wildman–Crippen MR) is 83.5 cm³/mol. The molecule has 0 aliphatic rings. The summed E-state index contributed by atoms with van der Waals surface area (Å²) in [6.45, 7) is 2.00. The fraction of sp³-hybridized carbons (Fsp3) is 0.118. The van der Waals surface area contributed by atoms with Gasteiger partial charge in [0, 0.05) is 16.5 Å². The predicted octanol–water partition coefficient (Wildman–Crippen LogP) is 4.00. The SMILES string of the molecule is CC([NH3+])c1cc2cccc(Cl)c2nc1-c1cccc(F)c1. The highest BCUT2D eigenvalue weighted by atomic mass is 35.5. The number of para-hydroxylation sites is 1. The molecule has 3 aromatic rings. The highest BCUT2D eigenvalue weighted by Gasteiger charge is 2.16. The van der Waals surface area contributed by atoms with Crippen molar-refractivity contribution < 1.29 is 10.1 Å². The normalized spacial score (nSPS) is 12.6. The van der Waals surface area contributed by atoms with Gasteiger partial charge in [0.25, 0.3) is 0 Å². The maximum absolute atomic E-state index is 13.5. The molecule has 1 aromatic heterocycles. The average molecular weight is 302 g/mol. The van der Waals surface area contributed by atoms with Crippen molar-refractivity contribution in [1.29, 1.82) is 0 Å². The molecule has 1 heterocycles. The summed E-state index contributed by atoms with van der Waals surface area (Å²) in [5.41, 5.74) is 7.26. The van der Waals surface area contributed by atoms with E-state index in [9.17, 15) is 4.39 Å². The van der Waals surface area contributed by atoms with Crippen LogP contribution < -0.4 is 5.73 Å². The van der Waals surface area contributed by atoms with Crippen molar-refractivity contribution in [3.63, 3.8) is 0 Å². The van der Waals surface area contributed by atoms with Gasteiger partial charge in [0.1, 0.15) is 11.9 Å². The molecule has 1 atom stereocenters. The van der Waals surface area contributed by atoms with E-state index in [1.165, 1.54) is 12.1 Å². The van der Waals surface area contributed by atoms with Crippen LogP contribution in [0.15, 0.2) is 48.5 Å². The molecule has 0 aliphatic heterocycles. The van der Waals surface area contributed by atoms with Crippen LogP contribution in [0.1, 0.15) is 18.5 Å². The van der Waals surface area contributed by atoms with Gasteiger partial charge in [-0.05, 0) is 31.2 Å². The van der Waals surface area contributed by atoms with Gasteiger partial charge in [-0.1, -0.05) is 35.9 Å². The molecule has 2 aromatic carbocycles. The summed E-state index contributed by atoms with van der Waals surface area (Å²) in [7, 11) is 0. The Morgan fingerprint density at radius 1 is 1.14 bits per heavy atom. The van der Waals surface area contributed by atoms with Crippen LogP contribution >= 0.6 is 11.6 Å². The molecule has 106 valence electrons. The number of aromatic nitrogens is 1. The summed E-state index contributed by atoms with van der Waals surface area (Å²) in [5.74, 6) is -0.281. The average Bonchev–Trinajstić information content (AvgIpc) is 2.46. The molecule has 0 saturated heterocycles. The van der Waals surface area contributed by atoms with Gasteiger partial charge in [0.05, 0.1) is 16.2 Å². The molecule has 0 aliphatic carbocycles. The zero-order valence-corrected chi connectivity index (χ0v) is 12.4. The number of hydrogen-bond donors (Lipinski definition) is 1. The first-order valence-electron chi connectivity index (χ1n) is 6.74. The van der Waals surface area contributed by atoms with Crippen LogP contribution in [0.25, 0.3) is 22.2 Å². The van der Waals surface area contributed by atoms with E-state index in [1.807, 2.05) is 31.2 Å². The maximum atomic E-state index is 13.5. The first-order chi connectivity index (χ1) is 10.1. The first kappa shape index (κ1) is 14.0. The van der Waals surface area contributed by atoms with E-state index >= 15 is 0 Å². The molecule has 2 nitrogen and oxygen atoms in total. The summed E-state index contributed by atoms with van der Waals surface area (Å²) >= 11 is 6.23. The van der Waals surface area contributed by atoms with Gasteiger partial charge in [0.2, 0.25) is 0 Å². The lowest BCUT2D eigenvalue weighted by atomic mass is 9.99. The number of pyridine rings is 1. The van der Waals surface area contributed by atoms with E-state index in [4.69, 9.17) is 11.6 Å². The summed E-state index contributed by atoms with van der Waals surface area (Å²) in [5, 5.41) is 1.56. The molecule has 3 N–H and O–H groups in total. The van der Waals surface area contributed by atoms with Gasteiger partial charge < -0.3 is 5.73 Å². The van der Waals surface area contributed by atoms with Crippen LogP contribution in [0.3, 0.4) is 0 Å². The summed E-state index contributed by atoms with van der Waals surface area (Å²) < 4.78 is 13.5. The number of fused-ring (bicyclic) bond motifs is 1. The summed E-state index contributed by atoms with van der Waals surface area (Å²) in [4.78, 5) is 4.67. The molecule has 0 fully saturated rings. The standard InChI is InChI=1S/C17H14ClFN2/c1-10(20)14-9-12-5-3-7-15(18)17(12)21-16(14)11-4-2-6-13(19)8-11/h2-10H,20H2,1H3/p+1. The van der Waals surface area contributed by atoms with Gasteiger partial charge in [0.15, 0.2) is 0 Å². The third-order valence-corrected chi connectivity index (χ3v) is 3.76. The van der Waals surface area contributed by atoms with Gasteiger partial charge >= 0.3 is 0 Å². The summed E-state index contributed by atoms with van der Waals surface area (Å²) in [6, 6.07) is 14.2. The van der Waals surface area contributed by atoms with E-state index in [1.54, 1.807) is 12.1 Å². The third-order valence-electron chi connectivity index (χ3n) is 3.46. The van der Waals surface area contributed by atoms with Crippen molar-refractivity contribution in [2.45, 2.75) is 13.0 Å². The Morgan fingerprint density at radius 2 is 1.90 bits per heavy atom. The van der Waals surface area contributed by atoms with Crippen LogP contribution in [-0.4, -0.2) is 4.98 Å². The van der Waals surface area contributed by atoms with Crippen LogP contribution in [0.5, 0.6) is 0 Å². The van der Waals surface area contributed by atoms with E-state index in [-0.39, 0.29) is 11.9 Å². The minimum Gasteiger partial charge on any atom is -0.352 e. The second-order valence-corrected chi connectivity index (χ2v) is 5.56. The highest BCUT2D eigenvalue weighted by Crippen LogP contribution is 2.31. The molecule has 0 saturated carbocycles. The number of nitrogens with zero attached hydrogens (tertiary/aromatic N) is 1. The van der Waals surface area contributed by atoms with E-state index in [0.717, 1.165) is 27.7 Å². The molecule has 1 unspecified atom stereocenters. The minimum absolute atomic E-state index is 0.0409. The number of hydrogen-bond acceptors (Lipinski definition) is 1. The van der Waals surface area contributed by atoms with Crippen LogP contribution in [0.2, 0.25) is 5.02 Å². The van der Waals surface area contributed by atoms with E-state index < -0.39 is 0 Å². The Morgan fingerprint density at radius 3 is 2.62 bits per heavy atom. The summed E-state index contributed by atoms with van der Waals surface area (Å²) in [6.07, 6.45) is 0. The monoisotopic (exact) mass is 301 g/mol. The lowest BCUT2D eigenvalue weighted by molar-refractivity contribution is -0.420. The van der Waals surface area contributed by atoms with Gasteiger partial charge in [-0.3, -0.25) is 0 Å². The van der Waals surface area contributed by atoms with Gasteiger partial charge in [-0.25, -0.2) is 9.37 Å². The van der Waals surface area contributed by atoms with Crippen molar-refractivity contribution in [2.24, 2.45) is 0 Å². The Labute approximate surface area is 127 Å². The van der Waals surface area contributed by atoms with Crippen molar-refractivity contribution in [3.05, 3.63) is 64.9 Å². The van der Waals surface area contributed by atoms with Crippen molar-refractivity contribution in [1.82, 2.24) is 4.98 Å². The highest BCUT2D eigenvalue weighted by molar-refractivity contribution is 6.35. The number of halogens is 2. The van der Waals surface area contributed by atoms with Crippen molar-refractivity contribution in [2.75, 3.05) is 0 Å². The zero-order valence-electron chi connectivity index (χ0n) is 11.6. The lowest BCUT2D eigenvalue weighted by Gasteiger charge is -2.12. The quantitative estimate of drug-likeness (QED) is 0.763. The van der Waals surface area contributed by atoms with Crippen LogP contribution in [0, 0.1) is 5.82 Å². The van der Waals surface area contributed by atoms with Gasteiger partial charge in [-0.15, -0.1) is 0 Å². The number of rotatable bonds is 2. The van der Waals surface area contributed by atoms with Crippen LogP contribution in [0.4, 0.5) is 4.39 Å². The molecule has 3 rings (SSSR count). The van der Waals surface area contributed by atoms with Crippen molar-refractivity contribution >= 4 is 22.5 Å². The molecule has 0 amide bonds. The number of benzene rings is 2. The van der Waals surface area contributed by atoms with E-state index in [2.05, 4.69) is 10.7 Å². The topological polar surface area (TPSA) is 40.5 Å². The fourth-order valence-corrected chi connectivity index (χ4v) is 2.65. The minimum atomic E-state index is -0.281. The Kier molecular flexibility index (Phi) is 3.62. The molecule has 4 heteroatoms. The second-order valence-electron chi connectivity index (χ2n) is 5.15. The van der Waals surface area contributed by atoms with E-state index in [0.29, 0.717) is 5.02 Å². The molecular weight excluding hydrogens is 287 g/mol. The maximum Gasteiger partial charge on any atom is 0.123 e. The lowest BCUT2D eigenvalue weighted by Crippen LogP contribution is -2.52. The third kappa shape index (κ3) is 2.62. The smallest absolute Gasteiger partial charge is 0.123 e. The van der Waals surface area contributed by atoms with Crippen LogP contribution in [-0.2, 0) is 0 Å². The second kappa shape index (κ2) is 5.43. The fourth-order valence-electron chi connectivity index (χ4n) is 2.42. The molecule has 0 spiro atoms. The molecule has 0 radical (unpaired) electrons. The van der Waals surface area contributed by atoms with Gasteiger partial charge in [-0.2, -0.15) is 0 Å². The largest absolute Gasteiger partial charge is 0.352 e. The Bertz CT molecular complexity index is 815. The molecule has 21 heavy (non-hydrogen) atoms. The molecule has 0 bridgehead atoms. The number of quaternary nitrogens is 1.